The highest BCUT2D eigenvalue weighted by molar-refractivity contribution is 6.04. The first-order valence-corrected chi connectivity index (χ1v) is 6.35. The van der Waals surface area contributed by atoms with E-state index in [1.165, 1.54) is 0 Å². The van der Waals surface area contributed by atoms with E-state index in [0.29, 0.717) is 12.0 Å². The second-order valence-corrected chi connectivity index (χ2v) is 4.76. The van der Waals surface area contributed by atoms with Gasteiger partial charge in [0.2, 0.25) is 11.8 Å². The van der Waals surface area contributed by atoms with Gasteiger partial charge in [-0.25, -0.2) is 0 Å². The number of rotatable bonds is 2. The molecule has 1 unspecified atom stereocenters. The standard InChI is InChI=1S/C14H13N3O3/c18-12-4-3-10(14(20)17-12)16-13(19)9-2-1-8-5-6-15-11(8)7-9/h1-2,5-7,10,15H,3-4H2,(H,16,19)(H,17,18,20). The van der Waals surface area contributed by atoms with Crippen LogP contribution in [0.3, 0.4) is 0 Å². The fraction of sp³-hybridized carbons (Fsp3) is 0.214. The van der Waals surface area contributed by atoms with Gasteiger partial charge in [-0.05, 0) is 30.0 Å². The van der Waals surface area contributed by atoms with E-state index in [0.717, 1.165) is 10.9 Å². The number of fused-ring (bicyclic) bond motifs is 1. The zero-order valence-electron chi connectivity index (χ0n) is 10.6. The second-order valence-electron chi connectivity index (χ2n) is 4.76. The molecule has 2 heterocycles. The lowest BCUT2D eigenvalue weighted by molar-refractivity contribution is -0.134. The number of imide groups is 1. The third-order valence-corrected chi connectivity index (χ3v) is 3.36. The van der Waals surface area contributed by atoms with Crippen LogP contribution in [0.4, 0.5) is 0 Å². The van der Waals surface area contributed by atoms with Gasteiger partial charge < -0.3 is 10.3 Å². The summed E-state index contributed by atoms with van der Waals surface area (Å²) in [4.78, 5) is 37.8. The maximum atomic E-state index is 12.1. The summed E-state index contributed by atoms with van der Waals surface area (Å²) in [5.41, 5.74) is 1.34. The van der Waals surface area contributed by atoms with Gasteiger partial charge in [0.15, 0.2) is 0 Å². The van der Waals surface area contributed by atoms with Crippen molar-refractivity contribution in [3.05, 3.63) is 36.0 Å². The summed E-state index contributed by atoms with van der Waals surface area (Å²) in [6.07, 6.45) is 2.38. The van der Waals surface area contributed by atoms with Crippen LogP contribution < -0.4 is 10.6 Å². The summed E-state index contributed by atoms with van der Waals surface area (Å²) in [6.45, 7) is 0. The van der Waals surface area contributed by atoms with Crippen LogP contribution in [0.1, 0.15) is 23.2 Å². The molecule has 1 aromatic carbocycles. The number of hydrogen-bond donors (Lipinski definition) is 3. The molecule has 6 heteroatoms. The molecule has 0 aliphatic carbocycles. The molecule has 1 saturated heterocycles. The molecule has 0 bridgehead atoms. The van der Waals surface area contributed by atoms with E-state index in [1.807, 2.05) is 12.1 Å². The fourth-order valence-electron chi connectivity index (χ4n) is 2.26. The SMILES string of the molecule is O=C1CCC(NC(=O)c2ccc3cc[nH]c3c2)C(=O)N1. The minimum atomic E-state index is -0.653. The van der Waals surface area contributed by atoms with Crippen LogP contribution in [0.5, 0.6) is 0 Å². The first kappa shape index (κ1) is 12.4. The summed E-state index contributed by atoms with van der Waals surface area (Å²) >= 11 is 0. The predicted octanol–water partition coefficient (Wildman–Crippen LogP) is 0.703. The van der Waals surface area contributed by atoms with Crippen LogP contribution in [0.25, 0.3) is 10.9 Å². The minimum absolute atomic E-state index is 0.242. The first-order valence-electron chi connectivity index (χ1n) is 6.35. The lowest BCUT2D eigenvalue weighted by Crippen LogP contribution is -2.52. The van der Waals surface area contributed by atoms with Crippen molar-refractivity contribution in [1.29, 1.82) is 0 Å². The quantitative estimate of drug-likeness (QED) is 0.702. The number of carbonyl (C=O) groups is 3. The van der Waals surface area contributed by atoms with Gasteiger partial charge in [0.25, 0.3) is 5.91 Å². The molecule has 0 radical (unpaired) electrons. The molecule has 20 heavy (non-hydrogen) atoms. The Bertz CT molecular complexity index is 705. The van der Waals surface area contributed by atoms with E-state index in [2.05, 4.69) is 15.6 Å². The third kappa shape index (κ3) is 2.27. The Labute approximate surface area is 114 Å². The Morgan fingerprint density at radius 1 is 1.25 bits per heavy atom. The molecule has 1 fully saturated rings. The number of amides is 3. The monoisotopic (exact) mass is 271 g/mol. The zero-order chi connectivity index (χ0) is 14.1. The van der Waals surface area contributed by atoms with E-state index in [-0.39, 0.29) is 18.2 Å². The molecule has 0 saturated carbocycles. The number of hydrogen-bond acceptors (Lipinski definition) is 3. The second kappa shape index (κ2) is 4.80. The van der Waals surface area contributed by atoms with Crippen molar-refractivity contribution >= 4 is 28.6 Å². The van der Waals surface area contributed by atoms with Gasteiger partial charge >= 0.3 is 0 Å². The van der Waals surface area contributed by atoms with Crippen molar-refractivity contribution in [3.63, 3.8) is 0 Å². The maximum Gasteiger partial charge on any atom is 0.252 e. The minimum Gasteiger partial charge on any atom is -0.361 e. The highest BCUT2D eigenvalue weighted by atomic mass is 16.2. The Balaban J connectivity index is 1.75. The molecular formula is C14H13N3O3. The number of aromatic nitrogens is 1. The molecule has 3 amide bonds. The number of aromatic amines is 1. The lowest BCUT2D eigenvalue weighted by atomic mass is 10.1. The summed E-state index contributed by atoms with van der Waals surface area (Å²) in [5.74, 6) is -1.07. The molecule has 1 aliphatic heterocycles. The lowest BCUT2D eigenvalue weighted by Gasteiger charge is -2.21. The van der Waals surface area contributed by atoms with Gasteiger partial charge in [-0.3, -0.25) is 19.7 Å². The molecule has 102 valence electrons. The molecule has 3 N–H and O–H groups in total. The smallest absolute Gasteiger partial charge is 0.252 e. The number of H-pyrrole nitrogens is 1. The average Bonchev–Trinajstić information content (AvgIpc) is 2.89. The van der Waals surface area contributed by atoms with E-state index in [1.54, 1.807) is 18.3 Å². The Morgan fingerprint density at radius 3 is 2.90 bits per heavy atom. The number of piperidine rings is 1. The van der Waals surface area contributed by atoms with Gasteiger partial charge in [0.1, 0.15) is 6.04 Å². The van der Waals surface area contributed by atoms with E-state index in [9.17, 15) is 14.4 Å². The summed E-state index contributed by atoms with van der Waals surface area (Å²) in [6, 6.07) is 6.54. The number of nitrogens with one attached hydrogen (secondary N) is 3. The topological polar surface area (TPSA) is 91.1 Å². The van der Waals surface area contributed by atoms with Crippen LogP contribution in [0.2, 0.25) is 0 Å². The predicted molar refractivity (Wildman–Crippen MR) is 71.9 cm³/mol. The normalized spacial score (nSPS) is 18.9. The van der Waals surface area contributed by atoms with Crippen LogP contribution in [0, 0.1) is 0 Å². The van der Waals surface area contributed by atoms with E-state index >= 15 is 0 Å². The third-order valence-electron chi connectivity index (χ3n) is 3.36. The van der Waals surface area contributed by atoms with Crippen LogP contribution in [-0.4, -0.2) is 28.7 Å². The molecule has 2 aromatic rings. The summed E-state index contributed by atoms with van der Waals surface area (Å²) in [7, 11) is 0. The van der Waals surface area contributed by atoms with Gasteiger partial charge in [0.05, 0.1) is 0 Å². The summed E-state index contributed by atoms with van der Waals surface area (Å²) < 4.78 is 0. The van der Waals surface area contributed by atoms with E-state index < -0.39 is 11.9 Å². The van der Waals surface area contributed by atoms with Crippen LogP contribution >= 0.6 is 0 Å². The zero-order valence-corrected chi connectivity index (χ0v) is 10.6. The van der Waals surface area contributed by atoms with Crippen LogP contribution in [-0.2, 0) is 9.59 Å². The van der Waals surface area contributed by atoms with Crippen LogP contribution in [0.15, 0.2) is 30.5 Å². The van der Waals surface area contributed by atoms with Crippen molar-refractivity contribution in [2.24, 2.45) is 0 Å². The highest BCUT2D eigenvalue weighted by Crippen LogP contribution is 2.14. The Hall–Kier alpha value is -2.63. The van der Waals surface area contributed by atoms with Gasteiger partial charge in [-0.15, -0.1) is 0 Å². The molecule has 3 rings (SSSR count). The van der Waals surface area contributed by atoms with Crippen molar-refractivity contribution < 1.29 is 14.4 Å². The van der Waals surface area contributed by atoms with E-state index in [4.69, 9.17) is 0 Å². The number of carbonyl (C=O) groups excluding carboxylic acids is 3. The van der Waals surface area contributed by atoms with Crippen molar-refractivity contribution in [2.75, 3.05) is 0 Å². The van der Waals surface area contributed by atoms with Crippen molar-refractivity contribution in [3.8, 4) is 0 Å². The Morgan fingerprint density at radius 2 is 2.10 bits per heavy atom. The highest BCUT2D eigenvalue weighted by Gasteiger charge is 2.28. The van der Waals surface area contributed by atoms with Gasteiger partial charge in [-0.1, -0.05) is 6.07 Å². The molecule has 1 aliphatic rings. The summed E-state index contributed by atoms with van der Waals surface area (Å²) in [5, 5.41) is 5.87. The largest absolute Gasteiger partial charge is 0.361 e. The maximum absolute atomic E-state index is 12.1. The first-order chi connectivity index (χ1) is 9.63. The molecule has 1 atom stereocenters. The molecule has 1 aromatic heterocycles. The molecule has 6 nitrogen and oxygen atoms in total. The van der Waals surface area contributed by atoms with Crippen molar-refractivity contribution in [1.82, 2.24) is 15.6 Å². The molecular weight excluding hydrogens is 258 g/mol. The average molecular weight is 271 g/mol. The van der Waals surface area contributed by atoms with Gasteiger partial charge in [-0.2, -0.15) is 0 Å². The van der Waals surface area contributed by atoms with Crippen molar-refractivity contribution in [2.45, 2.75) is 18.9 Å². The fourth-order valence-corrected chi connectivity index (χ4v) is 2.26. The number of benzene rings is 1. The molecule has 0 spiro atoms. The van der Waals surface area contributed by atoms with Gasteiger partial charge in [0, 0.05) is 23.7 Å². The Kier molecular flexibility index (Phi) is 2.98.